The lowest BCUT2D eigenvalue weighted by atomic mass is 9.98. The number of carbonyl (C=O) groups is 1. The second-order valence-corrected chi connectivity index (χ2v) is 4.98. The third kappa shape index (κ3) is 4.04. The van der Waals surface area contributed by atoms with Gasteiger partial charge in [0, 0.05) is 6.42 Å². The molecule has 1 fully saturated rings. The SMILES string of the molecule is CC(C)CCCC/C(O)=C1/C(=O)OCC1CO. The van der Waals surface area contributed by atoms with Crippen molar-refractivity contribution in [1.29, 1.82) is 0 Å². The number of ether oxygens (including phenoxy) is 1. The van der Waals surface area contributed by atoms with E-state index in [2.05, 4.69) is 13.8 Å². The average molecular weight is 242 g/mol. The number of hydrogen-bond donors (Lipinski definition) is 2. The van der Waals surface area contributed by atoms with Gasteiger partial charge in [0.25, 0.3) is 0 Å². The number of hydrogen-bond acceptors (Lipinski definition) is 4. The summed E-state index contributed by atoms with van der Waals surface area (Å²) in [6.45, 7) is 4.35. The zero-order chi connectivity index (χ0) is 12.8. The molecule has 0 aromatic rings. The van der Waals surface area contributed by atoms with Crippen LogP contribution in [-0.2, 0) is 9.53 Å². The zero-order valence-electron chi connectivity index (χ0n) is 10.6. The molecule has 17 heavy (non-hydrogen) atoms. The van der Waals surface area contributed by atoms with E-state index in [9.17, 15) is 9.90 Å². The number of rotatable bonds is 6. The van der Waals surface area contributed by atoms with Gasteiger partial charge in [-0.2, -0.15) is 0 Å². The average Bonchev–Trinajstić information content (AvgIpc) is 2.65. The Bertz CT molecular complexity index is 294. The van der Waals surface area contributed by atoms with E-state index in [1.165, 1.54) is 0 Å². The predicted octanol–water partition coefficient (Wildman–Crippen LogP) is 2.18. The molecule has 0 aromatic heterocycles. The van der Waals surface area contributed by atoms with Crippen LogP contribution in [0.4, 0.5) is 0 Å². The first-order valence-electron chi connectivity index (χ1n) is 6.26. The second kappa shape index (κ2) is 6.64. The van der Waals surface area contributed by atoms with E-state index in [-0.39, 0.29) is 30.5 Å². The molecule has 1 saturated heterocycles. The standard InChI is InChI=1S/C13H22O4/c1-9(2)5-3-4-6-11(15)12-10(7-14)8-17-13(12)16/h9-10,14-15H,3-8H2,1-2H3/b12-11-. The molecule has 2 N–H and O–H groups in total. The molecule has 1 atom stereocenters. The Labute approximate surface area is 102 Å². The summed E-state index contributed by atoms with van der Waals surface area (Å²) >= 11 is 0. The number of cyclic esters (lactones) is 1. The van der Waals surface area contributed by atoms with Crippen LogP contribution in [0.1, 0.15) is 39.5 Å². The minimum absolute atomic E-state index is 0.0929. The van der Waals surface area contributed by atoms with E-state index in [0.717, 1.165) is 19.3 Å². The number of aliphatic hydroxyl groups excluding tert-OH is 2. The Morgan fingerprint density at radius 2 is 2.18 bits per heavy atom. The van der Waals surface area contributed by atoms with Gasteiger partial charge in [0.2, 0.25) is 0 Å². The third-order valence-electron chi connectivity index (χ3n) is 3.02. The fourth-order valence-corrected chi connectivity index (χ4v) is 1.98. The van der Waals surface area contributed by atoms with Crippen molar-refractivity contribution in [2.45, 2.75) is 39.5 Å². The zero-order valence-corrected chi connectivity index (χ0v) is 10.6. The van der Waals surface area contributed by atoms with Gasteiger partial charge in [0.05, 0.1) is 18.1 Å². The minimum Gasteiger partial charge on any atom is -0.512 e. The summed E-state index contributed by atoms with van der Waals surface area (Å²) in [6, 6.07) is 0. The molecule has 1 unspecified atom stereocenters. The molecule has 0 aliphatic carbocycles. The Hall–Kier alpha value is -1.03. The van der Waals surface area contributed by atoms with Crippen LogP contribution >= 0.6 is 0 Å². The van der Waals surface area contributed by atoms with Crippen LogP contribution in [0.3, 0.4) is 0 Å². The molecule has 0 amide bonds. The minimum atomic E-state index is -0.481. The van der Waals surface area contributed by atoms with Crippen LogP contribution < -0.4 is 0 Å². The van der Waals surface area contributed by atoms with E-state index in [1.54, 1.807) is 0 Å². The van der Waals surface area contributed by atoms with Crippen LogP contribution in [0.2, 0.25) is 0 Å². The van der Waals surface area contributed by atoms with Gasteiger partial charge in [-0.3, -0.25) is 0 Å². The Morgan fingerprint density at radius 1 is 1.47 bits per heavy atom. The molecule has 98 valence electrons. The topological polar surface area (TPSA) is 66.8 Å². The monoisotopic (exact) mass is 242 g/mol. The van der Waals surface area contributed by atoms with Crippen molar-refractivity contribution in [2.24, 2.45) is 11.8 Å². The molecule has 1 rings (SSSR count). The van der Waals surface area contributed by atoms with Crippen LogP contribution in [0.25, 0.3) is 0 Å². The van der Waals surface area contributed by atoms with Crippen molar-refractivity contribution in [3.05, 3.63) is 11.3 Å². The summed E-state index contributed by atoms with van der Waals surface area (Å²) < 4.78 is 4.82. The number of esters is 1. The largest absolute Gasteiger partial charge is 0.512 e. The fourth-order valence-electron chi connectivity index (χ4n) is 1.98. The van der Waals surface area contributed by atoms with Crippen molar-refractivity contribution < 1.29 is 19.7 Å². The van der Waals surface area contributed by atoms with Gasteiger partial charge in [0.1, 0.15) is 12.4 Å². The molecule has 4 nitrogen and oxygen atoms in total. The molecule has 0 spiro atoms. The fraction of sp³-hybridized carbons (Fsp3) is 0.769. The lowest BCUT2D eigenvalue weighted by molar-refractivity contribution is -0.135. The smallest absolute Gasteiger partial charge is 0.337 e. The highest BCUT2D eigenvalue weighted by Gasteiger charge is 2.33. The van der Waals surface area contributed by atoms with Crippen molar-refractivity contribution >= 4 is 5.97 Å². The van der Waals surface area contributed by atoms with Gasteiger partial charge in [-0.1, -0.05) is 26.7 Å². The first-order valence-corrected chi connectivity index (χ1v) is 6.26. The van der Waals surface area contributed by atoms with Gasteiger partial charge in [0.15, 0.2) is 0 Å². The number of unbranched alkanes of at least 4 members (excludes halogenated alkanes) is 1. The van der Waals surface area contributed by atoms with Crippen LogP contribution in [-0.4, -0.2) is 29.4 Å². The summed E-state index contributed by atoms with van der Waals surface area (Å²) in [5.41, 5.74) is 0.275. The summed E-state index contributed by atoms with van der Waals surface area (Å²) in [7, 11) is 0. The Kier molecular flexibility index (Phi) is 5.48. The maximum absolute atomic E-state index is 11.4. The number of aliphatic hydroxyl groups is 2. The second-order valence-electron chi connectivity index (χ2n) is 4.98. The van der Waals surface area contributed by atoms with Gasteiger partial charge in [-0.05, 0) is 12.3 Å². The predicted molar refractivity (Wildman–Crippen MR) is 64.5 cm³/mol. The first kappa shape index (κ1) is 14.0. The van der Waals surface area contributed by atoms with Gasteiger partial charge < -0.3 is 14.9 Å². The van der Waals surface area contributed by atoms with Crippen molar-refractivity contribution in [1.82, 2.24) is 0 Å². The maximum atomic E-state index is 11.4. The van der Waals surface area contributed by atoms with E-state index in [0.29, 0.717) is 12.3 Å². The lowest BCUT2D eigenvalue weighted by Crippen LogP contribution is -2.11. The number of allylic oxidation sites excluding steroid dienone is 1. The first-order chi connectivity index (χ1) is 8.06. The van der Waals surface area contributed by atoms with Crippen molar-refractivity contribution in [3.8, 4) is 0 Å². The highest BCUT2D eigenvalue weighted by Crippen LogP contribution is 2.25. The van der Waals surface area contributed by atoms with E-state index < -0.39 is 5.97 Å². The van der Waals surface area contributed by atoms with E-state index in [1.807, 2.05) is 0 Å². The Balaban J connectivity index is 2.48. The third-order valence-corrected chi connectivity index (χ3v) is 3.02. The quantitative estimate of drug-likeness (QED) is 0.324. The molecule has 0 radical (unpaired) electrons. The lowest BCUT2D eigenvalue weighted by Gasteiger charge is -2.08. The molecule has 1 heterocycles. The maximum Gasteiger partial charge on any atom is 0.337 e. The van der Waals surface area contributed by atoms with Crippen LogP contribution in [0.15, 0.2) is 11.3 Å². The number of carbonyl (C=O) groups excluding carboxylic acids is 1. The molecular formula is C13H22O4. The molecule has 0 bridgehead atoms. The van der Waals surface area contributed by atoms with Crippen molar-refractivity contribution in [2.75, 3.05) is 13.2 Å². The highest BCUT2D eigenvalue weighted by atomic mass is 16.5. The van der Waals surface area contributed by atoms with Crippen LogP contribution in [0, 0.1) is 11.8 Å². The van der Waals surface area contributed by atoms with E-state index in [4.69, 9.17) is 9.84 Å². The Morgan fingerprint density at radius 3 is 2.76 bits per heavy atom. The van der Waals surface area contributed by atoms with Gasteiger partial charge in [-0.25, -0.2) is 4.79 Å². The molecular weight excluding hydrogens is 220 g/mol. The summed E-state index contributed by atoms with van der Waals surface area (Å²) in [5, 5.41) is 18.9. The van der Waals surface area contributed by atoms with E-state index >= 15 is 0 Å². The molecule has 1 aliphatic rings. The molecule has 1 aliphatic heterocycles. The van der Waals surface area contributed by atoms with Crippen molar-refractivity contribution in [3.63, 3.8) is 0 Å². The normalized spacial score (nSPS) is 23.1. The molecule has 0 aromatic carbocycles. The van der Waals surface area contributed by atoms with Gasteiger partial charge >= 0.3 is 5.97 Å². The van der Waals surface area contributed by atoms with Crippen LogP contribution in [0.5, 0.6) is 0 Å². The summed E-state index contributed by atoms with van der Waals surface area (Å²) in [5.74, 6) is -0.0836. The summed E-state index contributed by atoms with van der Waals surface area (Å²) in [6.07, 6.45) is 3.51. The van der Waals surface area contributed by atoms with Gasteiger partial charge in [-0.15, -0.1) is 0 Å². The molecule has 4 heteroatoms. The highest BCUT2D eigenvalue weighted by molar-refractivity contribution is 5.91. The molecule has 0 saturated carbocycles. The summed E-state index contributed by atoms with van der Waals surface area (Å²) in [4.78, 5) is 11.4.